The number of hydrogen-bond acceptors (Lipinski definition) is 10. The van der Waals surface area contributed by atoms with E-state index >= 15 is 0 Å². The summed E-state index contributed by atoms with van der Waals surface area (Å²) >= 11 is 0. The first kappa shape index (κ1) is 26.0. The second-order valence-corrected chi connectivity index (χ2v) is 8.98. The lowest BCUT2D eigenvalue weighted by molar-refractivity contribution is 0.0704. The molecule has 0 aliphatic carbocycles. The second kappa shape index (κ2) is 11.8. The Labute approximate surface area is 216 Å². The van der Waals surface area contributed by atoms with Gasteiger partial charge in [0.05, 0.1) is 17.1 Å². The van der Waals surface area contributed by atoms with Gasteiger partial charge in [0.1, 0.15) is 11.5 Å². The summed E-state index contributed by atoms with van der Waals surface area (Å²) in [5, 5.41) is 29.1. The smallest absolute Gasteiger partial charge is 0.253 e. The van der Waals surface area contributed by atoms with Crippen molar-refractivity contribution in [1.82, 2.24) is 20.2 Å². The Morgan fingerprint density at radius 2 is 1.84 bits per heavy atom. The third-order valence-corrected chi connectivity index (χ3v) is 6.53. The van der Waals surface area contributed by atoms with E-state index in [0.717, 1.165) is 36.2 Å². The molecule has 1 amide bonds. The van der Waals surface area contributed by atoms with Crippen LogP contribution in [0.25, 0.3) is 0 Å². The number of nitrogen functional groups attached to an aromatic ring is 1. The van der Waals surface area contributed by atoms with Crippen LogP contribution in [-0.4, -0.2) is 57.2 Å². The summed E-state index contributed by atoms with van der Waals surface area (Å²) in [5.74, 6) is 5.88. The standard InChI is InChI=1S/C26H34N8O3/c1-3-16-14-30-26(31-19-11-20(35)13-21(36)12-19)32-24(16)15-29-18-6-8-34(9-7-18)25(37)17-4-5-22(28-2)23(10-17)33-27/h4-5,10-14,18,28-29,33,35-36H,3,6-9,15,27H2,1-2H3,(H,30,31,32). The number of aromatic hydroxyl groups is 2. The molecule has 11 nitrogen and oxygen atoms in total. The predicted octanol–water partition coefficient (Wildman–Crippen LogP) is 2.92. The number of aromatic nitrogens is 2. The van der Waals surface area contributed by atoms with E-state index in [1.807, 2.05) is 17.0 Å². The third-order valence-electron chi connectivity index (χ3n) is 6.53. The van der Waals surface area contributed by atoms with Gasteiger partial charge in [-0.3, -0.25) is 10.6 Å². The highest BCUT2D eigenvalue weighted by molar-refractivity contribution is 5.96. The first-order valence-corrected chi connectivity index (χ1v) is 12.4. The largest absolute Gasteiger partial charge is 0.508 e. The number of carbonyl (C=O) groups excluding carboxylic acids is 1. The zero-order chi connectivity index (χ0) is 26.4. The number of anilines is 4. The fourth-order valence-electron chi connectivity index (χ4n) is 4.47. The van der Waals surface area contributed by atoms with E-state index in [2.05, 4.69) is 38.3 Å². The lowest BCUT2D eigenvalue weighted by Gasteiger charge is -2.32. The van der Waals surface area contributed by atoms with Crippen molar-refractivity contribution in [3.05, 3.63) is 59.4 Å². The molecule has 4 rings (SSSR count). The summed E-state index contributed by atoms with van der Waals surface area (Å²) in [6.07, 6.45) is 4.26. The van der Waals surface area contributed by atoms with Crippen molar-refractivity contribution in [2.75, 3.05) is 36.2 Å². The highest BCUT2D eigenvalue weighted by Gasteiger charge is 2.24. The summed E-state index contributed by atoms with van der Waals surface area (Å²) in [5.41, 5.74) is 7.16. The van der Waals surface area contributed by atoms with Crippen molar-refractivity contribution in [2.45, 2.75) is 38.8 Å². The number of nitrogens with two attached hydrogens (primary N) is 1. The summed E-state index contributed by atoms with van der Waals surface area (Å²) < 4.78 is 0. The molecule has 3 aromatic rings. The number of carbonyl (C=O) groups is 1. The average Bonchev–Trinajstić information content (AvgIpc) is 2.91. The van der Waals surface area contributed by atoms with Crippen molar-refractivity contribution >= 4 is 28.9 Å². The number of nitrogens with zero attached hydrogens (tertiary/aromatic N) is 3. The molecule has 1 saturated heterocycles. The van der Waals surface area contributed by atoms with Gasteiger partial charge in [-0.25, -0.2) is 9.97 Å². The zero-order valence-corrected chi connectivity index (χ0v) is 21.1. The molecular weight excluding hydrogens is 472 g/mol. The summed E-state index contributed by atoms with van der Waals surface area (Å²) in [6, 6.07) is 9.92. The van der Waals surface area contributed by atoms with Crippen LogP contribution in [0.1, 0.15) is 41.4 Å². The molecule has 1 aromatic heterocycles. The highest BCUT2D eigenvalue weighted by atomic mass is 16.3. The zero-order valence-electron chi connectivity index (χ0n) is 21.1. The van der Waals surface area contributed by atoms with Gasteiger partial charge in [-0.05, 0) is 43.0 Å². The molecule has 1 fully saturated rings. The molecule has 8 N–H and O–H groups in total. The van der Waals surface area contributed by atoms with Gasteiger partial charge in [0, 0.05) is 68.4 Å². The first-order valence-electron chi connectivity index (χ1n) is 12.4. The number of phenolic OH excluding ortho intramolecular Hbond substituents is 2. The van der Waals surface area contributed by atoms with Gasteiger partial charge in [-0.15, -0.1) is 0 Å². The lowest BCUT2D eigenvalue weighted by atomic mass is 10.0. The maximum atomic E-state index is 13.0. The van der Waals surface area contributed by atoms with Crippen LogP contribution in [0.4, 0.5) is 23.0 Å². The van der Waals surface area contributed by atoms with Crippen LogP contribution in [0.2, 0.25) is 0 Å². The van der Waals surface area contributed by atoms with Crippen molar-refractivity contribution in [3.63, 3.8) is 0 Å². The van der Waals surface area contributed by atoms with Gasteiger partial charge in [0.25, 0.3) is 5.91 Å². The fourth-order valence-corrected chi connectivity index (χ4v) is 4.47. The number of piperidine rings is 1. The molecule has 0 spiro atoms. The van der Waals surface area contributed by atoms with Gasteiger partial charge in [-0.2, -0.15) is 0 Å². The maximum Gasteiger partial charge on any atom is 0.253 e. The van der Waals surface area contributed by atoms with Gasteiger partial charge in [0.15, 0.2) is 0 Å². The quantitative estimate of drug-likeness (QED) is 0.170. The molecule has 11 heteroatoms. The van der Waals surface area contributed by atoms with Gasteiger partial charge < -0.3 is 36.5 Å². The summed E-state index contributed by atoms with van der Waals surface area (Å²) in [4.78, 5) is 23.9. The number of amides is 1. The van der Waals surface area contributed by atoms with E-state index in [9.17, 15) is 15.0 Å². The Balaban J connectivity index is 1.34. The fraction of sp³-hybridized carbons (Fsp3) is 0.346. The molecule has 0 radical (unpaired) electrons. The molecular formula is C26H34N8O3. The van der Waals surface area contributed by atoms with Crippen LogP contribution in [0.15, 0.2) is 42.6 Å². The molecule has 0 atom stereocenters. The van der Waals surface area contributed by atoms with Gasteiger partial charge in [-0.1, -0.05) is 6.92 Å². The Morgan fingerprint density at radius 3 is 2.49 bits per heavy atom. The number of hydrazine groups is 1. The first-order chi connectivity index (χ1) is 17.9. The van der Waals surface area contributed by atoms with E-state index < -0.39 is 0 Å². The normalized spacial score (nSPS) is 13.9. The third kappa shape index (κ3) is 6.38. The van der Waals surface area contributed by atoms with Crippen LogP contribution in [0.5, 0.6) is 11.5 Å². The lowest BCUT2D eigenvalue weighted by Crippen LogP contribution is -2.44. The predicted molar refractivity (Wildman–Crippen MR) is 144 cm³/mol. The Morgan fingerprint density at radius 1 is 1.11 bits per heavy atom. The maximum absolute atomic E-state index is 13.0. The number of phenols is 2. The second-order valence-electron chi connectivity index (χ2n) is 8.98. The van der Waals surface area contributed by atoms with Crippen LogP contribution >= 0.6 is 0 Å². The van der Waals surface area contributed by atoms with E-state index in [1.54, 1.807) is 19.3 Å². The topological polar surface area (TPSA) is 161 Å². The molecule has 1 aliphatic heterocycles. The minimum absolute atomic E-state index is 0.00428. The Bertz CT molecular complexity index is 1220. The number of benzene rings is 2. The van der Waals surface area contributed by atoms with Gasteiger partial charge >= 0.3 is 0 Å². The Hall–Kier alpha value is -4.09. The average molecular weight is 507 g/mol. The van der Waals surface area contributed by atoms with Crippen LogP contribution < -0.4 is 27.2 Å². The molecule has 37 heavy (non-hydrogen) atoms. The summed E-state index contributed by atoms with van der Waals surface area (Å²) in [7, 11) is 1.80. The number of nitrogens with one attached hydrogen (secondary N) is 4. The minimum atomic E-state index is -0.0501. The monoisotopic (exact) mass is 506 g/mol. The molecule has 196 valence electrons. The molecule has 0 unspecified atom stereocenters. The SMILES string of the molecule is CCc1cnc(Nc2cc(O)cc(O)c2)nc1CNC1CCN(C(=O)c2ccc(NC)c(NN)c2)CC1. The van der Waals surface area contributed by atoms with Crippen LogP contribution in [0, 0.1) is 0 Å². The number of rotatable bonds is 9. The van der Waals surface area contributed by atoms with Crippen LogP contribution in [-0.2, 0) is 13.0 Å². The van der Waals surface area contributed by atoms with Gasteiger partial charge in [0.2, 0.25) is 5.95 Å². The van der Waals surface area contributed by atoms with E-state index in [0.29, 0.717) is 42.5 Å². The van der Waals surface area contributed by atoms with Crippen molar-refractivity contribution in [3.8, 4) is 11.5 Å². The molecule has 1 aliphatic rings. The highest BCUT2D eigenvalue weighted by Crippen LogP contribution is 2.26. The van der Waals surface area contributed by atoms with Crippen molar-refractivity contribution in [2.24, 2.45) is 5.84 Å². The number of likely N-dealkylation sites (tertiary alicyclic amines) is 1. The van der Waals surface area contributed by atoms with E-state index in [1.165, 1.54) is 18.2 Å². The molecule has 2 aromatic carbocycles. The molecule has 2 heterocycles. The number of aryl methyl sites for hydroxylation is 1. The van der Waals surface area contributed by atoms with Crippen LogP contribution in [0.3, 0.4) is 0 Å². The molecule has 0 saturated carbocycles. The molecule has 0 bridgehead atoms. The number of hydrogen-bond donors (Lipinski definition) is 7. The minimum Gasteiger partial charge on any atom is -0.508 e. The van der Waals surface area contributed by atoms with Crippen molar-refractivity contribution in [1.29, 1.82) is 0 Å². The van der Waals surface area contributed by atoms with E-state index in [-0.39, 0.29) is 23.4 Å². The Kier molecular flexibility index (Phi) is 8.26. The van der Waals surface area contributed by atoms with Crippen molar-refractivity contribution < 1.29 is 15.0 Å². The van der Waals surface area contributed by atoms with E-state index in [4.69, 9.17) is 5.84 Å². The summed E-state index contributed by atoms with van der Waals surface area (Å²) in [6.45, 7) is 3.95.